The summed E-state index contributed by atoms with van der Waals surface area (Å²) in [6, 6.07) is 10.3. The number of hydrogen-bond donors (Lipinski definition) is 1. The Morgan fingerprint density at radius 3 is 2.63 bits per heavy atom. The number of thioether (sulfide) groups is 2. The summed E-state index contributed by atoms with van der Waals surface area (Å²) in [5.41, 5.74) is 1.19. The van der Waals surface area contributed by atoms with Gasteiger partial charge in [0, 0.05) is 12.8 Å². The molecule has 0 saturated carbocycles. The SMILES string of the molecule is OC[C@H]1CCCC2(CC3(C[C@@H](COCc4ccccc4)O2)SCCCS3)O1. The minimum absolute atomic E-state index is 0.0398. The van der Waals surface area contributed by atoms with Gasteiger partial charge in [0.2, 0.25) is 0 Å². The summed E-state index contributed by atoms with van der Waals surface area (Å²) in [5.74, 6) is 1.87. The maximum absolute atomic E-state index is 9.62. The molecule has 6 heteroatoms. The molecule has 0 bridgehead atoms. The van der Waals surface area contributed by atoms with Gasteiger partial charge in [-0.1, -0.05) is 30.3 Å². The predicted octanol–water partition coefficient (Wildman–Crippen LogP) is 4.21. The summed E-state index contributed by atoms with van der Waals surface area (Å²) in [6.07, 6.45) is 6.03. The Hall–Kier alpha value is -0.240. The molecule has 1 N–H and O–H groups in total. The molecule has 0 aliphatic carbocycles. The monoisotopic (exact) mass is 410 g/mol. The fourth-order valence-electron chi connectivity index (χ4n) is 4.39. The lowest BCUT2D eigenvalue weighted by Crippen LogP contribution is -2.56. The van der Waals surface area contributed by atoms with Crippen molar-refractivity contribution in [2.24, 2.45) is 0 Å². The zero-order chi connectivity index (χ0) is 18.6. The first kappa shape index (κ1) is 20.0. The Kier molecular flexibility index (Phi) is 6.72. The molecule has 150 valence electrons. The molecule has 1 aromatic carbocycles. The Bertz CT molecular complexity index is 593. The van der Waals surface area contributed by atoms with E-state index < -0.39 is 5.79 Å². The average Bonchev–Trinajstić information content (AvgIpc) is 2.69. The molecule has 3 aliphatic heterocycles. The second kappa shape index (κ2) is 9.06. The number of ether oxygens (including phenoxy) is 3. The summed E-state index contributed by atoms with van der Waals surface area (Å²) in [7, 11) is 0. The van der Waals surface area contributed by atoms with Crippen molar-refractivity contribution in [1.29, 1.82) is 0 Å². The van der Waals surface area contributed by atoms with Crippen LogP contribution in [0.5, 0.6) is 0 Å². The van der Waals surface area contributed by atoms with Gasteiger partial charge < -0.3 is 19.3 Å². The molecule has 1 aromatic rings. The third-order valence-corrected chi connectivity index (χ3v) is 8.93. The highest BCUT2D eigenvalue weighted by atomic mass is 32.2. The molecule has 3 saturated heterocycles. The van der Waals surface area contributed by atoms with E-state index in [2.05, 4.69) is 35.7 Å². The van der Waals surface area contributed by atoms with E-state index in [1.807, 2.05) is 18.2 Å². The Labute approximate surface area is 170 Å². The molecule has 4 nitrogen and oxygen atoms in total. The number of aliphatic hydroxyl groups is 1. The lowest BCUT2D eigenvalue weighted by molar-refractivity contribution is -0.322. The predicted molar refractivity (Wildman–Crippen MR) is 111 cm³/mol. The molecule has 3 aliphatic rings. The van der Waals surface area contributed by atoms with E-state index in [4.69, 9.17) is 14.2 Å². The van der Waals surface area contributed by atoms with Crippen LogP contribution in [0.2, 0.25) is 0 Å². The van der Waals surface area contributed by atoms with E-state index in [9.17, 15) is 5.11 Å². The van der Waals surface area contributed by atoms with Crippen LogP contribution in [0.15, 0.2) is 30.3 Å². The second-order valence-corrected chi connectivity index (χ2v) is 11.0. The summed E-state index contributed by atoms with van der Waals surface area (Å²) in [5, 5.41) is 9.62. The summed E-state index contributed by atoms with van der Waals surface area (Å²) in [6.45, 7) is 1.28. The Morgan fingerprint density at radius 2 is 1.85 bits per heavy atom. The van der Waals surface area contributed by atoms with E-state index >= 15 is 0 Å². The Morgan fingerprint density at radius 1 is 1.07 bits per heavy atom. The second-order valence-electron chi connectivity index (χ2n) is 7.81. The molecule has 3 atom stereocenters. The maximum Gasteiger partial charge on any atom is 0.171 e. The van der Waals surface area contributed by atoms with Gasteiger partial charge in [-0.05, 0) is 42.8 Å². The highest BCUT2D eigenvalue weighted by Crippen LogP contribution is 2.56. The average molecular weight is 411 g/mol. The van der Waals surface area contributed by atoms with Gasteiger partial charge in [0.15, 0.2) is 5.79 Å². The molecule has 27 heavy (non-hydrogen) atoms. The fraction of sp³-hybridized carbons (Fsp3) is 0.714. The van der Waals surface area contributed by atoms with Crippen LogP contribution in [0.4, 0.5) is 0 Å². The summed E-state index contributed by atoms with van der Waals surface area (Å²) < 4.78 is 19.1. The van der Waals surface area contributed by atoms with Gasteiger partial charge in [-0.15, -0.1) is 23.5 Å². The molecule has 0 radical (unpaired) electrons. The fourth-order valence-corrected chi connectivity index (χ4v) is 7.98. The molecular formula is C21H30O4S2. The van der Waals surface area contributed by atoms with Crippen LogP contribution in [0, 0.1) is 0 Å². The van der Waals surface area contributed by atoms with E-state index in [1.54, 1.807) is 0 Å². The van der Waals surface area contributed by atoms with E-state index in [0.717, 1.165) is 32.1 Å². The van der Waals surface area contributed by atoms with Crippen LogP contribution in [0.1, 0.15) is 44.1 Å². The quantitative estimate of drug-likeness (QED) is 0.785. The first-order valence-corrected chi connectivity index (χ1v) is 12.0. The van der Waals surface area contributed by atoms with Crippen LogP contribution in [-0.2, 0) is 20.8 Å². The van der Waals surface area contributed by atoms with Crippen LogP contribution >= 0.6 is 23.5 Å². The van der Waals surface area contributed by atoms with Gasteiger partial charge in [0.1, 0.15) is 0 Å². The van der Waals surface area contributed by atoms with Crippen molar-refractivity contribution in [3.63, 3.8) is 0 Å². The number of aliphatic hydroxyl groups excluding tert-OH is 1. The number of benzene rings is 1. The number of hydrogen-bond acceptors (Lipinski definition) is 6. The first-order chi connectivity index (χ1) is 13.2. The van der Waals surface area contributed by atoms with Gasteiger partial charge in [0.05, 0.1) is 36.1 Å². The van der Waals surface area contributed by atoms with Crippen LogP contribution in [-0.4, -0.2) is 51.9 Å². The van der Waals surface area contributed by atoms with E-state index in [-0.39, 0.29) is 22.9 Å². The maximum atomic E-state index is 9.62. The highest BCUT2D eigenvalue weighted by molar-refractivity contribution is 8.18. The standard InChI is InChI=1S/C21H30O4S2/c22-13-18-8-4-9-20(24-18)16-21(26-10-5-11-27-21)12-19(25-20)15-23-14-17-6-2-1-3-7-17/h1-3,6-7,18-19,22H,4-5,8-16H2/t18-,19+,20?/m1/s1. The van der Waals surface area contributed by atoms with Crippen molar-refractivity contribution in [2.75, 3.05) is 24.7 Å². The molecule has 3 heterocycles. The molecule has 2 spiro atoms. The Balaban J connectivity index is 1.43. The summed E-state index contributed by atoms with van der Waals surface area (Å²) in [4.78, 5) is 0. The minimum atomic E-state index is -0.554. The van der Waals surface area contributed by atoms with Crippen LogP contribution in [0.25, 0.3) is 0 Å². The van der Waals surface area contributed by atoms with Gasteiger partial charge in [-0.3, -0.25) is 0 Å². The van der Waals surface area contributed by atoms with Crippen molar-refractivity contribution < 1.29 is 19.3 Å². The van der Waals surface area contributed by atoms with E-state index in [1.165, 1.54) is 23.5 Å². The largest absolute Gasteiger partial charge is 0.394 e. The van der Waals surface area contributed by atoms with Gasteiger partial charge in [0.25, 0.3) is 0 Å². The smallest absolute Gasteiger partial charge is 0.171 e. The van der Waals surface area contributed by atoms with Gasteiger partial charge in [-0.25, -0.2) is 0 Å². The van der Waals surface area contributed by atoms with Crippen LogP contribution in [0.3, 0.4) is 0 Å². The molecule has 0 aromatic heterocycles. The zero-order valence-corrected chi connectivity index (χ0v) is 17.4. The third kappa shape index (κ3) is 5.03. The minimum Gasteiger partial charge on any atom is -0.394 e. The molecule has 4 rings (SSSR count). The van der Waals surface area contributed by atoms with Gasteiger partial charge in [-0.2, -0.15) is 0 Å². The molecule has 0 amide bonds. The number of rotatable bonds is 5. The first-order valence-electron chi connectivity index (χ1n) is 10.1. The van der Waals surface area contributed by atoms with Crippen molar-refractivity contribution in [3.05, 3.63) is 35.9 Å². The van der Waals surface area contributed by atoms with Crippen molar-refractivity contribution in [2.45, 2.75) is 67.2 Å². The molecular weight excluding hydrogens is 380 g/mol. The lowest BCUT2D eigenvalue weighted by Gasteiger charge is -2.53. The summed E-state index contributed by atoms with van der Waals surface area (Å²) >= 11 is 4.16. The van der Waals surface area contributed by atoms with Crippen molar-refractivity contribution in [3.8, 4) is 0 Å². The molecule has 3 fully saturated rings. The van der Waals surface area contributed by atoms with Crippen molar-refractivity contribution in [1.82, 2.24) is 0 Å². The van der Waals surface area contributed by atoms with Gasteiger partial charge >= 0.3 is 0 Å². The third-order valence-electron chi connectivity index (χ3n) is 5.56. The van der Waals surface area contributed by atoms with E-state index in [0.29, 0.717) is 13.2 Å². The van der Waals surface area contributed by atoms with Crippen molar-refractivity contribution >= 4 is 23.5 Å². The lowest BCUT2D eigenvalue weighted by atomic mass is 9.92. The molecule has 1 unspecified atom stereocenters. The topological polar surface area (TPSA) is 47.9 Å². The highest BCUT2D eigenvalue weighted by Gasteiger charge is 2.53. The zero-order valence-electron chi connectivity index (χ0n) is 15.8. The normalized spacial score (nSPS) is 33.4. The van der Waals surface area contributed by atoms with Crippen LogP contribution < -0.4 is 0 Å².